The monoisotopic (exact) mass is 786 g/mol. The molecule has 2 aromatic rings. The first-order chi connectivity index (χ1) is 26.2. The van der Waals surface area contributed by atoms with Gasteiger partial charge in [-0.25, -0.2) is 23.8 Å². The lowest BCUT2D eigenvalue weighted by Gasteiger charge is -2.37. The average Bonchev–Trinajstić information content (AvgIpc) is 3.15. The van der Waals surface area contributed by atoms with E-state index >= 15 is 0 Å². The number of nitriles is 1. The molecular formula is C38H51N4O12P. The second-order valence-corrected chi connectivity index (χ2v) is 13.6. The molecule has 0 aliphatic carbocycles. The van der Waals surface area contributed by atoms with Gasteiger partial charge in [-0.05, 0) is 91.8 Å². The van der Waals surface area contributed by atoms with Crippen molar-refractivity contribution in [2.24, 2.45) is 0 Å². The molecule has 0 aliphatic heterocycles. The number of carbonyl (C=O) groups excluding carboxylic acids is 6. The third-order valence-electron chi connectivity index (χ3n) is 7.32. The zero-order chi connectivity index (χ0) is 41.1. The van der Waals surface area contributed by atoms with E-state index in [0.29, 0.717) is 0 Å². The van der Waals surface area contributed by atoms with Crippen molar-refractivity contribution in [3.63, 3.8) is 0 Å². The number of nitrogens with one attached hydrogen (secondary N) is 2. The minimum atomic E-state index is -1.86. The highest BCUT2D eigenvalue weighted by Crippen LogP contribution is 2.47. The maximum atomic E-state index is 13.6. The molecule has 0 heterocycles. The van der Waals surface area contributed by atoms with Gasteiger partial charge in [-0.2, -0.15) is 5.26 Å². The summed E-state index contributed by atoms with van der Waals surface area (Å²) in [4.78, 5) is 77.7. The molecule has 2 rings (SSSR count). The molecule has 2 amide bonds. The highest BCUT2D eigenvalue weighted by molar-refractivity contribution is 7.44. The summed E-state index contributed by atoms with van der Waals surface area (Å²) in [6, 6.07) is 9.56. The second kappa shape index (κ2) is 23.8. The molecule has 0 aromatic heterocycles. The van der Waals surface area contributed by atoms with Gasteiger partial charge in [0, 0.05) is 36.3 Å². The fourth-order valence-corrected chi connectivity index (χ4v) is 6.74. The van der Waals surface area contributed by atoms with Crippen molar-refractivity contribution in [3.05, 3.63) is 69.8 Å². The molecule has 0 bridgehead atoms. The fourth-order valence-electron chi connectivity index (χ4n) is 5.03. The van der Waals surface area contributed by atoms with Crippen LogP contribution in [0.2, 0.25) is 0 Å². The summed E-state index contributed by atoms with van der Waals surface area (Å²) in [7, 11) is -1.86. The van der Waals surface area contributed by atoms with E-state index in [-0.39, 0.29) is 98.0 Å². The molecule has 0 saturated heterocycles. The van der Waals surface area contributed by atoms with E-state index in [4.69, 9.17) is 28.0 Å². The van der Waals surface area contributed by atoms with Gasteiger partial charge in [-0.15, -0.1) is 0 Å². The van der Waals surface area contributed by atoms with E-state index in [1.165, 1.54) is 36.4 Å². The minimum absolute atomic E-state index is 0.0382. The van der Waals surface area contributed by atoms with E-state index in [0.717, 1.165) is 0 Å². The third kappa shape index (κ3) is 14.7. The molecule has 0 radical (unpaired) electrons. The van der Waals surface area contributed by atoms with Crippen LogP contribution in [0.3, 0.4) is 0 Å². The Balaban J connectivity index is 2.52. The number of esters is 4. The first-order valence-corrected chi connectivity index (χ1v) is 19.1. The summed E-state index contributed by atoms with van der Waals surface area (Å²) >= 11 is 0. The molecule has 17 heteroatoms. The lowest BCUT2D eigenvalue weighted by atomic mass is 10.0. The molecule has 2 N–H and O–H groups in total. The molecule has 0 fully saturated rings. The van der Waals surface area contributed by atoms with Crippen LogP contribution in [0.5, 0.6) is 0 Å². The maximum absolute atomic E-state index is 13.6. The van der Waals surface area contributed by atoms with Gasteiger partial charge >= 0.3 is 23.9 Å². The van der Waals surface area contributed by atoms with Gasteiger partial charge in [0.05, 0.1) is 67.8 Å². The van der Waals surface area contributed by atoms with Crippen LogP contribution in [0.15, 0.2) is 36.4 Å². The zero-order valence-electron chi connectivity index (χ0n) is 32.6. The summed E-state index contributed by atoms with van der Waals surface area (Å²) in [5.74, 6) is -4.34. The van der Waals surface area contributed by atoms with Crippen molar-refractivity contribution in [2.45, 2.75) is 80.0 Å². The lowest BCUT2D eigenvalue weighted by molar-refractivity contribution is 0.0506. The Labute approximate surface area is 323 Å². The van der Waals surface area contributed by atoms with Crippen molar-refractivity contribution < 1.29 is 56.8 Å². The number of nitrogens with zero attached hydrogens (tertiary/aromatic N) is 2. The topological polar surface area (TPSA) is 209 Å². The number of rotatable bonds is 22. The van der Waals surface area contributed by atoms with Crippen molar-refractivity contribution in [3.8, 4) is 6.07 Å². The summed E-state index contributed by atoms with van der Waals surface area (Å²) in [6.45, 7) is 14.2. The SMILES string of the molecule is CCOC(=O)c1cc(C(=O)NCC(CNC(=O)c2cc(C(=O)OCC)cc(C(=O)OCC)c2)OP(OCCC#N)N(C(C)C)C(C)C)cc(C(=O)OCC)c1. The molecule has 0 spiro atoms. The van der Waals surface area contributed by atoms with E-state index in [1.807, 2.05) is 38.4 Å². The second-order valence-electron chi connectivity index (χ2n) is 12.2. The molecule has 1 unspecified atom stereocenters. The van der Waals surface area contributed by atoms with Crippen LogP contribution in [0, 0.1) is 11.3 Å². The summed E-state index contributed by atoms with van der Waals surface area (Å²) in [6.07, 6.45) is -0.875. The van der Waals surface area contributed by atoms with Gasteiger partial charge in [0.15, 0.2) is 0 Å². The Morgan fingerprint density at radius 3 is 1.24 bits per heavy atom. The normalized spacial score (nSPS) is 11.5. The van der Waals surface area contributed by atoms with Crippen molar-refractivity contribution in [1.82, 2.24) is 15.3 Å². The summed E-state index contributed by atoms with van der Waals surface area (Å²) in [5.41, 5.74) is -0.241. The van der Waals surface area contributed by atoms with Crippen LogP contribution in [-0.4, -0.2) is 105 Å². The Morgan fingerprint density at radius 1 is 0.618 bits per heavy atom. The average molecular weight is 787 g/mol. The zero-order valence-corrected chi connectivity index (χ0v) is 33.5. The van der Waals surface area contributed by atoms with Crippen molar-refractivity contribution in [2.75, 3.05) is 46.1 Å². The Morgan fingerprint density at radius 2 is 0.945 bits per heavy atom. The number of hydrogen-bond donors (Lipinski definition) is 2. The Bertz CT molecular complexity index is 1510. The Hall–Kier alpha value is -4.94. The maximum Gasteiger partial charge on any atom is 0.338 e. The largest absolute Gasteiger partial charge is 0.462 e. The molecule has 0 aliphatic rings. The number of amides is 2. The van der Waals surface area contributed by atoms with Crippen LogP contribution < -0.4 is 10.6 Å². The molecule has 2 aromatic carbocycles. The van der Waals surface area contributed by atoms with Gasteiger partial charge in [-0.3, -0.25) is 9.59 Å². The van der Waals surface area contributed by atoms with E-state index in [1.54, 1.807) is 27.7 Å². The lowest BCUT2D eigenvalue weighted by Crippen LogP contribution is -2.43. The number of benzene rings is 2. The van der Waals surface area contributed by atoms with Gasteiger partial charge < -0.3 is 38.6 Å². The molecule has 0 saturated carbocycles. The van der Waals surface area contributed by atoms with E-state index < -0.39 is 50.3 Å². The van der Waals surface area contributed by atoms with Crippen LogP contribution in [0.25, 0.3) is 0 Å². The summed E-state index contributed by atoms with van der Waals surface area (Å²) in [5, 5.41) is 14.7. The molecule has 300 valence electrons. The highest BCUT2D eigenvalue weighted by Gasteiger charge is 2.31. The third-order valence-corrected chi connectivity index (χ3v) is 9.50. The minimum Gasteiger partial charge on any atom is -0.462 e. The molecule has 55 heavy (non-hydrogen) atoms. The smallest absolute Gasteiger partial charge is 0.338 e. The number of hydrogen-bond acceptors (Lipinski definition) is 14. The van der Waals surface area contributed by atoms with Gasteiger partial charge in [-0.1, -0.05) is 0 Å². The molecular weight excluding hydrogens is 735 g/mol. The molecule has 16 nitrogen and oxygen atoms in total. The van der Waals surface area contributed by atoms with Crippen LogP contribution >= 0.6 is 8.53 Å². The first-order valence-electron chi connectivity index (χ1n) is 18.0. The van der Waals surface area contributed by atoms with E-state index in [2.05, 4.69) is 10.6 Å². The Kier molecular flexibility index (Phi) is 20.0. The van der Waals surface area contributed by atoms with Crippen molar-refractivity contribution >= 4 is 44.2 Å². The predicted molar refractivity (Wildman–Crippen MR) is 201 cm³/mol. The van der Waals surface area contributed by atoms with Gasteiger partial charge in [0.1, 0.15) is 6.10 Å². The number of carbonyl (C=O) groups is 6. The highest BCUT2D eigenvalue weighted by atomic mass is 31.2. The van der Waals surface area contributed by atoms with Crippen LogP contribution in [0.1, 0.15) is 124 Å². The first kappa shape index (κ1) is 46.2. The van der Waals surface area contributed by atoms with Crippen LogP contribution in [0.4, 0.5) is 0 Å². The quantitative estimate of drug-likeness (QED) is 0.0680. The predicted octanol–water partition coefficient (Wildman–Crippen LogP) is 5.21. The molecule has 1 atom stereocenters. The van der Waals surface area contributed by atoms with Gasteiger partial charge in [0.2, 0.25) is 0 Å². The van der Waals surface area contributed by atoms with Crippen molar-refractivity contribution in [1.29, 1.82) is 5.26 Å². The van der Waals surface area contributed by atoms with Crippen LogP contribution in [-0.2, 0) is 28.0 Å². The standard InChI is InChI=1S/C38H51N4O12P/c1-9-49-35(45)28-16-26(17-29(20-28)36(46)50-10-2)33(43)40-22-32(54-55(53-15-13-14-39)42(24(5)6)25(7)8)23-41-34(44)27-18-30(37(47)51-11-3)21-31(19-27)38(48)52-12-4/h16-21,24-25,32H,9-13,15,22-23H2,1-8H3,(H,40,43)(H,41,44). The van der Waals surface area contributed by atoms with Gasteiger partial charge in [0.25, 0.3) is 20.3 Å². The van der Waals surface area contributed by atoms with E-state index in [9.17, 15) is 34.0 Å². The number of ether oxygens (including phenoxy) is 4. The summed E-state index contributed by atoms with van der Waals surface area (Å²) < 4.78 is 34.8. The fraction of sp³-hybridized carbons (Fsp3) is 0.500.